The topological polar surface area (TPSA) is 94.9 Å². The van der Waals surface area contributed by atoms with Crippen LogP contribution in [0.5, 0.6) is 0 Å². The van der Waals surface area contributed by atoms with Crippen LogP contribution >= 0.6 is 0 Å². The number of nitrogen functional groups attached to an aromatic ring is 1. The van der Waals surface area contributed by atoms with Gasteiger partial charge in [0.05, 0.1) is 11.6 Å². The molecule has 5 nitrogen and oxygen atoms in total. The molecule has 12 heavy (non-hydrogen) atoms. The first-order valence-electron chi connectivity index (χ1n) is 3.48. The Morgan fingerprint density at radius 2 is 2.08 bits per heavy atom. The molecule has 0 aliphatic carbocycles. The number of anilines is 1. The molecule has 1 amide bonds. The van der Waals surface area contributed by atoms with Crippen LogP contribution < -0.4 is 11.5 Å². The zero-order valence-electron chi connectivity index (χ0n) is 6.69. The maximum atomic E-state index is 10.8. The van der Waals surface area contributed by atoms with Crippen LogP contribution in [-0.4, -0.2) is 15.9 Å². The van der Waals surface area contributed by atoms with Crippen LogP contribution in [0.2, 0.25) is 0 Å². The van der Waals surface area contributed by atoms with E-state index in [2.05, 4.69) is 9.97 Å². The third-order valence-electron chi connectivity index (χ3n) is 1.59. The average molecular weight is 166 g/mol. The van der Waals surface area contributed by atoms with Crippen molar-refractivity contribution in [2.45, 2.75) is 12.8 Å². The number of amides is 1. The summed E-state index contributed by atoms with van der Waals surface area (Å²) < 4.78 is 0. The maximum absolute atomic E-state index is 10.8. The highest BCUT2D eigenvalue weighted by atomic mass is 16.1. The van der Waals surface area contributed by atoms with Crippen molar-refractivity contribution >= 4 is 11.7 Å². The van der Waals surface area contributed by atoms with Crippen molar-refractivity contribution in [3.8, 4) is 0 Å². The predicted molar refractivity (Wildman–Crippen MR) is 44.1 cm³/mol. The van der Waals surface area contributed by atoms with E-state index in [0.717, 1.165) is 0 Å². The monoisotopic (exact) mass is 166 g/mol. The predicted octanol–water partition coefficient (Wildman–Crippen LogP) is -0.352. The highest BCUT2D eigenvalue weighted by Crippen LogP contribution is 2.15. The Morgan fingerprint density at radius 1 is 1.50 bits per heavy atom. The number of primary amides is 1. The van der Waals surface area contributed by atoms with Gasteiger partial charge in [-0.15, -0.1) is 0 Å². The molecule has 1 atom stereocenters. The van der Waals surface area contributed by atoms with Crippen LogP contribution in [0.4, 0.5) is 5.82 Å². The minimum Gasteiger partial charge on any atom is -0.382 e. The number of aromatic nitrogens is 2. The molecule has 4 N–H and O–H groups in total. The van der Waals surface area contributed by atoms with Crippen molar-refractivity contribution in [1.82, 2.24) is 9.97 Å². The zero-order chi connectivity index (χ0) is 9.14. The maximum Gasteiger partial charge on any atom is 0.226 e. The van der Waals surface area contributed by atoms with E-state index < -0.39 is 11.8 Å². The van der Waals surface area contributed by atoms with Gasteiger partial charge in [0.1, 0.15) is 5.82 Å². The van der Waals surface area contributed by atoms with E-state index in [1.807, 2.05) is 0 Å². The summed E-state index contributed by atoms with van der Waals surface area (Å²) in [5, 5.41) is 0. The van der Waals surface area contributed by atoms with Gasteiger partial charge in [-0.1, -0.05) is 0 Å². The molecular weight excluding hydrogens is 156 g/mol. The van der Waals surface area contributed by atoms with Gasteiger partial charge in [0.2, 0.25) is 5.91 Å². The lowest BCUT2D eigenvalue weighted by Gasteiger charge is -2.07. The van der Waals surface area contributed by atoms with E-state index in [-0.39, 0.29) is 5.82 Å². The summed E-state index contributed by atoms with van der Waals surface area (Å²) in [5.41, 5.74) is 11.0. The van der Waals surface area contributed by atoms with Crippen LogP contribution in [0, 0.1) is 0 Å². The van der Waals surface area contributed by atoms with Gasteiger partial charge in [0.15, 0.2) is 0 Å². The number of nitrogens with zero attached hydrogens (tertiary/aromatic N) is 2. The van der Waals surface area contributed by atoms with Gasteiger partial charge < -0.3 is 11.5 Å². The van der Waals surface area contributed by atoms with Crippen LogP contribution in [0.15, 0.2) is 12.4 Å². The molecule has 0 aromatic carbocycles. The first kappa shape index (κ1) is 8.45. The molecule has 64 valence electrons. The molecule has 5 heteroatoms. The molecule has 1 heterocycles. The Bertz CT molecular complexity index is 299. The fourth-order valence-corrected chi connectivity index (χ4v) is 0.828. The van der Waals surface area contributed by atoms with Gasteiger partial charge in [0.25, 0.3) is 0 Å². The second-order valence-corrected chi connectivity index (χ2v) is 2.45. The number of nitrogens with two attached hydrogens (primary N) is 2. The number of hydrogen-bond acceptors (Lipinski definition) is 4. The van der Waals surface area contributed by atoms with E-state index >= 15 is 0 Å². The molecule has 0 radical (unpaired) electrons. The molecule has 0 aliphatic heterocycles. The van der Waals surface area contributed by atoms with Crippen molar-refractivity contribution in [2.75, 3.05) is 5.73 Å². The molecule has 0 saturated heterocycles. The van der Waals surface area contributed by atoms with Crippen LogP contribution in [0.1, 0.15) is 18.5 Å². The fourth-order valence-electron chi connectivity index (χ4n) is 0.828. The van der Waals surface area contributed by atoms with E-state index in [1.165, 1.54) is 12.4 Å². The summed E-state index contributed by atoms with van der Waals surface area (Å²) in [6, 6.07) is 0. The summed E-state index contributed by atoms with van der Waals surface area (Å²) in [5.74, 6) is -0.690. The molecule has 1 aromatic heterocycles. The minimum absolute atomic E-state index is 0.254. The summed E-state index contributed by atoms with van der Waals surface area (Å²) in [7, 11) is 0. The molecule has 1 rings (SSSR count). The quantitative estimate of drug-likeness (QED) is 0.627. The highest BCUT2D eigenvalue weighted by Gasteiger charge is 2.15. The molecule has 0 aliphatic rings. The molecular formula is C7H10N4O. The normalized spacial score (nSPS) is 12.4. The Kier molecular flexibility index (Phi) is 2.23. The van der Waals surface area contributed by atoms with Crippen LogP contribution in [0.25, 0.3) is 0 Å². The SMILES string of the molecule is CC(C(N)=O)c1nccnc1N. The Morgan fingerprint density at radius 3 is 2.58 bits per heavy atom. The van der Waals surface area contributed by atoms with Crippen molar-refractivity contribution in [2.24, 2.45) is 5.73 Å². The summed E-state index contributed by atoms with van der Waals surface area (Å²) in [6.45, 7) is 1.64. The van der Waals surface area contributed by atoms with Crippen molar-refractivity contribution in [3.63, 3.8) is 0 Å². The number of hydrogen-bond donors (Lipinski definition) is 2. The summed E-state index contributed by atoms with van der Waals surface area (Å²) in [4.78, 5) is 18.5. The van der Waals surface area contributed by atoms with Crippen LogP contribution in [-0.2, 0) is 4.79 Å². The van der Waals surface area contributed by atoms with E-state index in [4.69, 9.17) is 11.5 Å². The molecule has 0 bridgehead atoms. The second kappa shape index (κ2) is 3.17. The molecule has 0 fully saturated rings. The average Bonchev–Trinajstić information content (AvgIpc) is 2.04. The third kappa shape index (κ3) is 1.50. The Balaban J connectivity index is 3.02. The Hall–Kier alpha value is -1.65. The second-order valence-electron chi connectivity index (χ2n) is 2.45. The van der Waals surface area contributed by atoms with E-state index in [9.17, 15) is 4.79 Å². The number of carbonyl (C=O) groups is 1. The molecule has 1 aromatic rings. The minimum atomic E-state index is -0.487. The first-order chi connectivity index (χ1) is 5.63. The first-order valence-corrected chi connectivity index (χ1v) is 3.48. The highest BCUT2D eigenvalue weighted by molar-refractivity contribution is 5.82. The number of carbonyl (C=O) groups excluding carboxylic acids is 1. The largest absolute Gasteiger partial charge is 0.382 e. The molecule has 1 unspecified atom stereocenters. The zero-order valence-corrected chi connectivity index (χ0v) is 6.69. The van der Waals surface area contributed by atoms with E-state index in [0.29, 0.717) is 5.69 Å². The van der Waals surface area contributed by atoms with Gasteiger partial charge in [-0.3, -0.25) is 9.78 Å². The smallest absolute Gasteiger partial charge is 0.226 e. The van der Waals surface area contributed by atoms with E-state index in [1.54, 1.807) is 6.92 Å². The van der Waals surface area contributed by atoms with Crippen molar-refractivity contribution < 1.29 is 4.79 Å². The van der Waals surface area contributed by atoms with Gasteiger partial charge in [-0.2, -0.15) is 0 Å². The lowest BCUT2D eigenvalue weighted by atomic mass is 10.1. The summed E-state index contributed by atoms with van der Waals surface area (Å²) >= 11 is 0. The van der Waals surface area contributed by atoms with Crippen molar-refractivity contribution in [3.05, 3.63) is 18.1 Å². The van der Waals surface area contributed by atoms with Gasteiger partial charge in [-0.05, 0) is 6.92 Å². The molecule has 0 saturated carbocycles. The van der Waals surface area contributed by atoms with Gasteiger partial charge in [0, 0.05) is 12.4 Å². The molecule has 0 spiro atoms. The van der Waals surface area contributed by atoms with Crippen molar-refractivity contribution in [1.29, 1.82) is 0 Å². The third-order valence-corrected chi connectivity index (χ3v) is 1.59. The Labute approximate surface area is 69.8 Å². The van der Waals surface area contributed by atoms with Gasteiger partial charge >= 0.3 is 0 Å². The van der Waals surface area contributed by atoms with Gasteiger partial charge in [-0.25, -0.2) is 4.98 Å². The fraction of sp³-hybridized carbons (Fsp3) is 0.286. The lowest BCUT2D eigenvalue weighted by molar-refractivity contribution is -0.119. The summed E-state index contributed by atoms with van der Waals surface area (Å²) in [6.07, 6.45) is 2.94. The number of rotatable bonds is 2. The van der Waals surface area contributed by atoms with Crippen LogP contribution in [0.3, 0.4) is 0 Å². The standard InChI is InChI=1S/C7H10N4O/c1-4(7(9)12)5-6(8)11-3-2-10-5/h2-4H,1H3,(H2,8,11)(H2,9,12). The lowest BCUT2D eigenvalue weighted by Crippen LogP contribution is -2.21.